The highest BCUT2D eigenvalue weighted by Crippen LogP contribution is 2.33. The van der Waals surface area contributed by atoms with E-state index in [0.29, 0.717) is 5.56 Å². The maximum Gasteiger partial charge on any atom is 0.306 e. The number of carbonyl (C=O) groups is 7. The van der Waals surface area contributed by atoms with E-state index in [1.54, 1.807) is 51.1 Å². The van der Waals surface area contributed by atoms with E-state index in [4.69, 9.17) is 39.2 Å². The molecule has 0 radical (unpaired) electrons. The number of carbonyl (C=O) groups excluding carboxylic acids is 7. The SMILES string of the molecule is CC(C)CC(=O)O[C@@H]1[C@H](O)[C@@H](O[C@H]2[C@H](O)[C@H](O)[C@@H](Oc3ccc(CC4NC(=O)C(C(C)c5ccccc5)NC(=O)CNC(=O)C(CO)NC(=O)C(C(O)C5CNC(=N)N5[C@H]5O[C@H](CO)[C@@H](O)[C@H](O)[C@@H]5O)NC(=O)C(C(O)C5CNC(=N)N5)NC4=O)cc3)O[C@@H]2CO)O[C@H](CO)[C@H]1O. The van der Waals surface area contributed by atoms with Crippen molar-refractivity contribution < 1.29 is 128 Å². The molecular formula is C59H86N12O26. The molecule has 6 fully saturated rings. The summed E-state index contributed by atoms with van der Waals surface area (Å²) in [6.07, 6.45) is -32.1. The monoisotopic (exact) mass is 1380 g/mol. The summed E-state index contributed by atoms with van der Waals surface area (Å²) in [7, 11) is 0. The lowest BCUT2D eigenvalue weighted by Crippen LogP contribution is -2.69. The summed E-state index contributed by atoms with van der Waals surface area (Å²) in [6.45, 7) is -0.514. The molecule has 38 nitrogen and oxygen atoms in total. The molecule has 6 aliphatic heterocycles. The molecule has 2 aromatic carbocycles. The highest BCUT2D eigenvalue weighted by atomic mass is 16.7. The van der Waals surface area contributed by atoms with Crippen molar-refractivity contribution in [3.8, 4) is 5.75 Å². The first-order valence-electron chi connectivity index (χ1n) is 31.3. The number of nitrogens with one attached hydrogen (secondary N) is 11. The number of benzene rings is 2. The van der Waals surface area contributed by atoms with Crippen molar-refractivity contribution in [3.63, 3.8) is 0 Å². The van der Waals surface area contributed by atoms with E-state index < -0.39 is 246 Å². The van der Waals surface area contributed by atoms with Gasteiger partial charge in [-0.25, -0.2) is 0 Å². The van der Waals surface area contributed by atoms with E-state index in [-0.39, 0.29) is 36.2 Å². The van der Waals surface area contributed by atoms with Crippen molar-refractivity contribution in [2.45, 2.75) is 186 Å². The van der Waals surface area contributed by atoms with Crippen LogP contribution in [0.2, 0.25) is 0 Å². The molecule has 0 aromatic heterocycles. The minimum absolute atomic E-state index is 0.0894. The van der Waals surface area contributed by atoms with Crippen LogP contribution in [0.25, 0.3) is 0 Å². The van der Waals surface area contributed by atoms with Crippen molar-refractivity contribution in [3.05, 3.63) is 65.7 Å². The van der Waals surface area contributed by atoms with Crippen LogP contribution in [-0.2, 0) is 63.7 Å². The average Bonchev–Trinajstić information content (AvgIpc) is 1.76. The van der Waals surface area contributed by atoms with Gasteiger partial charge in [-0.05, 0) is 29.2 Å². The molecule has 0 spiro atoms. The Bertz CT molecular complexity index is 3070. The third-order valence-corrected chi connectivity index (χ3v) is 17.4. The zero-order valence-corrected chi connectivity index (χ0v) is 52.6. The average molecular weight is 1380 g/mol. The van der Waals surface area contributed by atoms with Gasteiger partial charge in [0.05, 0.1) is 45.1 Å². The Hall–Kier alpha value is -7.61. The molecule has 0 saturated carbocycles. The zero-order valence-electron chi connectivity index (χ0n) is 52.6. The Kier molecular flexibility index (Phi) is 25.8. The predicted molar refractivity (Wildman–Crippen MR) is 325 cm³/mol. The predicted octanol–water partition coefficient (Wildman–Crippen LogP) is -11.6. The molecule has 6 amide bonds. The number of aliphatic hydroxyl groups is 13. The van der Waals surface area contributed by atoms with Crippen molar-refractivity contribution in [1.82, 2.24) is 52.8 Å². The smallest absolute Gasteiger partial charge is 0.306 e. The largest absolute Gasteiger partial charge is 0.462 e. The van der Waals surface area contributed by atoms with Crippen molar-refractivity contribution >= 4 is 53.3 Å². The van der Waals surface area contributed by atoms with E-state index in [2.05, 4.69) is 47.9 Å². The van der Waals surface area contributed by atoms with Crippen molar-refractivity contribution in [2.24, 2.45) is 5.92 Å². The normalized spacial score (nSPS) is 35.9. The number of guanidine groups is 2. The Morgan fingerprint density at radius 2 is 1.19 bits per heavy atom. The third-order valence-electron chi connectivity index (χ3n) is 17.4. The lowest BCUT2D eigenvalue weighted by atomic mass is 9.92. The van der Waals surface area contributed by atoms with Crippen LogP contribution in [-0.4, -0.2) is 317 Å². The Labute approximate surface area is 553 Å². The molecule has 6 heterocycles. The number of amides is 6. The quantitative estimate of drug-likeness (QED) is 0.0547. The van der Waals surface area contributed by atoms with Crippen LogP contribution >= 0.6 is 0 Å². The number of hydrogen-bond donors (Lipinski definition) is 24. The number of rotatable bonds is 20. The summed E-state index contributed by atoms with van der Waals surface area (Å²) in [6, 6.07) is 0.640. The van der Waals surface area contributed by atoms with Crippen LogP contribution in [0.15, 0.2) is 54.6 Å². The second-order valence-corrected chi connectivity index (χ2v) is 24.7. The summed E-state index contributed by atoms with van der Waals surface area (Å²) in [5.41, 5.74) is 0.688. The maximum absolute atomic E-state index is 15.2. The summed E-state index contributed by atoms with van der Waals surface area (Å²) in [5.74, 6) is -10.3. The molecule has 6 saturated heterocycles. The molecular weight excluding hydrogens is 1290 g/mol. The zero-order chi connectivity index (χ0) is 70.9. The molecule has 8 rings (SSSR count). The Morgan fingerprint density at radius 3 is 1.81 bits per heavy atom. The molecule has 10 unspecified atom stereocenters. The molecule has 2 aromatic rings. The summed E-state index contributed by atoms with van der Waals surface area (Å²) in [5, 5.41) is 181. The molecule has 6 aliphatic rings. The topological polar surface area (TPSA) is 597 Å². The molecule has 0 bridgehead atoms. The van der Waals surface area contributed by atoms with Crippen LogP contribution < -0.4 is 52.6 Å². The van der Waals surface area contributed by atoms with Crippen molar-refractivity contribution in [1.29, 1.82) is 10.8 Å². The highest BCUT2D eigenvalue weighted by Gasteiger charge is 2.55. The minimum atomic E-state index is -2.37. The van der Waals surface area contributed by atoms with Gasteiger partial charge in [0.15, 0.2) is 30.5 Å². The maximum atomic E-state index is 15.2. The lowest BCUT2D eigenvalue weighted by Gasteiger charge is -2.46. The summed E-state index contributed by atoms with van der Waals surface area (Å²) < 4.78 is 34.1. The summed E-state index contributed by atoms with van der Waals surface area (Å²) >= 11 is 0. The van der Waals surface area contributed by atoms with Gasteiger partial charge in [0.25, 0.3) is 0 Å². The van der Waals surface area contributed by atoms with Crippen LogP contribution in [0.4, 0.5) is 0 Å². The fourth-order valence-electron chi connectivity index (χ4n) is 11.9. The molecule has 0 aliphatic carbocycles. The van der Waals surface area contributed by atoms with Gasteiger partial charge in [-0.3, -0.25) is 44.4 Å². The van der Waals surface area contributed by atoms with Gasteiger partial charge in [-0.15, -0.1) is 0 Å². The van der Waals surface area contributed by atoms with Crippen molar-refractivity contribution in [2.75, 3.05) is 46.1 Å². The van der Waals surface area contributed by atoms with E-state index in [1.807, 2.05) is 0 Å². The molecule has 24 N–H and O–H groups in total. The third kappa shape index (κ3) is 17.6. The van der Waals surface area contributed by atoms with Gasteiger partial charge < -0.3 is 148 Å². The second kappa shape index (κ2) is 33.3. The molecule has 538 valence electrons. The molecule has 38 heteroatoms. The van der Waals surface area contributed by atoms with E-state index in [9.17, 15) is 90.4 Å². The van der Waals surface area contributed by atoms with Crippen LogP contribution in [0, 0.1) is 16.7 Å². The van der Waals surface area contributed by atoms with Gasteiger partial charge in [0.1, 0.15) is 115 Å². The first kappa shape index (κ1) is 75.2. The highest BCUT2D eigenvalue weighted by molar-refractivity contribution is 5.98. The second-order valence-electron chi connectivity index (χ2n) is 24.7. The van der Waals surface area contributed by atoms with Gasteiger partial charge >= 0.3 is 5.97 Å². The van der Waals surface area contributed by atoms with Crippen LogP contribution in [0.5, 0.6) is 5.75 Å². The number of hydrogen-bond acceptors (Lipinski definition) is 28. The summed E-state index contributed by atoms with van der Waals surface area (Å²) in [4.78, 5) is 101. The number of ether oxygens (including phenoxy) is 6. The molecule has 97 heavy (non-hydrogen) atoms. The fourth-order valence-corrected chi connectivity index (χ4v) is 11.9. The lowest BCUT2D eigenvalue weighted by molar-refractivity contribution is -0.353. The Balaban J connectivity index is 1.09. The van der Waals surface area contributed by atoms with Gasteiger partial charge in [-0.2, -0.15) is 0 Å². The minimum Gasteiger partial charge on any atom is -0.462 e. The number of nitrogens with zero attached hydrogens (tertiary/aromatic N) is 1. The van der Waals surface area contributed by atoms with Gasteiger partial charge in [0.2, 0.25) is 41.7 Å². The molecule has 25 atom stereocenters. The van der Waals surface area contributed by atoms with Gasteiger partial charge in [0, 0.05) is 31.8 Å². The van der Waals surface area contributed by atoms with E-state index in [0.717, 1.165) is 4.90 Å². The number of aliphatic hydroxyl groups excluding tert-OH is 13. The number of esters is 1. The standard InChI is InChI=1S/C59H86N12O26/c1-22(2)13-35(77)96-49-42(81)32(20-74)94-57(47(49)86)97-48-33(21-75)95-56(46(85)44(48)83)92-26-11-9-24(10-12-26)14-27-51(88)69-37(39(78)28-15-63-58(60)67-28)54(91)70-38(40(79)30-16-64-59(61)71(30)55-45(84)43(82)41(80)31(19-73)93-55)53(90)66-29(18-72)50(87)62-17-34(76)68-36(52(89)65-27)23(3)25-7-5-4-6-8-25/h4-12,22-23,27-33,36-49,55-57,72-75,78-86H,13-21H2,1-3H3,(H2,61,64)(H,62,87)(H,65,89)(H,66,90)(H,68,76)(H,69,88)(H,70,91)(H3,60,63,67)/t23?,27?,28?,29?,30?,31-,32-,33-,36?,37?,38?,39?,40?,41-,42-,43+,44-,45+,46+,47+,48-,49+,55+,56+,57-/m1/s1. The first-order valence-corrected chi connectivity index (χ1v) is 31.3. The Morgan fingerprint density at radius 1 is 0.577 bits per heavy atom. The van der Waals surface area contributed by atoms with Crippen LogP contribution in [0.1, 0.15) is 44.2 Å². The first-order chi connectivity index (χ1) is 46.1. The van der Waals surface area contributed by atoms with Gasteiger partial charge in [-0.1, -0.05) is 63.2 Å². The fraction of sp³-hybridized carbons (Fsp3) is 0.644. The van der Waals surface area contributed by atoms with Crippen LogP contribution in [0.3, 0.4) is 0 Å². The van der Waals surface area contributed by atoms with E-state index in [1.165, 1.54) is 24.3 Å². The van der Waals surface area contributed by atoms with E-state index >= 15 is 9.59 Å².